The molecular formula is C17H35NO2. The molecule has 0 aromatic carbocycles. The standard InChI is InChI=1S/C17H35NO2/c1-3-5-7-8-9-10-11-13-15-20-17(19)16(18)14-12-6-4-2/h16H,3-15,18H2,1-2H3. The van der Waals surface area contributed by atoms with Crippen LogP contribution < -0.4 is 5.73 Å². The van der Waals surface area contributed by atoms with Crippen LogP contribution in [0.25, 0.3) is 0 Å². The number of rotatable bonds is 14. The maximum atomic E-state index is 11.6. The highest BCUT2D eigenvalue weighted by Gasteiger charge is 2.13. The average Bonchev–Trinajstić information content (AvgIpc) is 2.45. The second kappa shape index (κ2) is 14.8. The summed E-state index contributed by atoms with van der Waals surface area (Å²) in [6.07, 6.45) is 14.1. The zero-order valence-corrected chi connectivity index (χ0v) is 13.7. The third-order valence-electron chi connectivity index (χ3n) is 3.66. The summed E-state index contributed by atoms with van der Waals surface area (Å²) in [5, 5.41) is 0. The van der Waals surface area contributed by atoms with Crippen LogP contribution in [-0.4, -0.2) is 18.6 Å². The Morgan fingerprint density at radius 1 is 0.850 bits per heavy atom. The van der Waals surface area contributed by atoms with Crippen molar-refractivity contribution in [3.63, 3.8) is 0 Å². The normalized spacial score (nSPS) is 12.3. The molecule has 0 amide bonds. The van der Waals surface area contributed by atoms with E-state index in [0.717, 1.165) is 38.5 Å². The minimum Gasteiger partial charge on any atom is -0.465 e. The third kappa shape index (κ3) is 12.5. The smallest absolute Gasteiger partial charge is 0.322 e. The van der Waals surface area contributed by atoms with Crippen molar-refractivity contribution in [2.24, 2.45) is 5.73 Å². The summed E-state index contributed by atoms with van der Waals surface area (Å²) in [4.78, 5) is 11.6. The molecule has 0 spiro atoms. The lowest BCUT2D eigenvalue weighted by molar-refractivity contribution is -0.145. The Balaban J connectivity index is 3.30. The molecule has 0 aliphatic carbocycles. The minimum atomic E-state index is -0.421. The van der Waals surface area contributed by atoms with Gasteiger partial charge in [0.05, 0.1) is 6.61 Å². The van der Waals surface area contributed by atoms with E-state index in [-0.39, 0.29) is 5.97 Å². The average molecular weight is 285 g/mol. The van der Waals surface area contributed by atoms with Crippen molar-refractivity contribution >= 4 is 5.97 Å². The molecule has 0 saturated heterocycles. The van der Waals surface area contributed by atoms with Crippen LogP contribution in [0.5, 0.6) is 0 Å². The zero-order valence-electron chi connectivity index (χ0n) is 13.7. The van der Waals surface area contributed by atoms with Gasteiger partial charge in [0.25, 0.3) is 0 Å². The first-order chi connectivity index (χ1) is 9.72. The number of nitrogens with two attached hydrogens (primary N) is 1. The first kappa shape index (κ1) is 19.4. The monoisotopic (exact) mass is 285 g/mol. The summed E-state index contributed by atoms with van der Waals surface area (Å²) in [7, 11) is 0. The predicted molar refractivity (Wildman–Crippen MR) is 85.7 cm³/mol. The van der Waals surface area contributed by atoms with Crippen molar-refractivity contribution in [2.45, 2.75) is 96.9 Å². The van der Waals surface area contributed by atoms with Gasteiger partial charge in [-0.3, -0.25) is 4.79 Å². The van der Waals surface area contributed by atoms with Crippen molar-refractivity contribution < 1.29 is 9.53 Å². The van der Waals surface area contributed by atoms with Gasteiger partial charge in [-0.25, -0.2) is 0 Å². The molecule has 0 aliphatic heterocycles. The summed E-state index contributed by atoms with van der Waals surface area (Å²) in [6, 6.07) is -0.421. The summed E-state index contributed by atoms with van der Waals surface area (Å²) in [6.45, 7) is 4.92. The van der Waals surface area contributed by atoms with Gasteiger partial charge >= 0.3 is 5.97 Å². The topological polar surface area (TPSA) is 52.3 Å². The summed E-state index contributed by atoms with van der Waals surface area (Å²) >= 11 is 0. The van der Waals surface area contributed by atoms with Crippen molar-refractivity contribution in [3.05, 3.63) is 0 Å². The molecule has 0 bridgehead atoms. The summed E-state index contributed by atoms with van der Waals surface area (Å²) < 4.78 is 5.22. The third-order valence-corrected chi connectivity index (χ3v) is 3.66. The van der Waals surface area contributed by atoms with E-state index >= 15 is 0 Å². The molecule has 0 saturated carbocycles. The fourth-order valence-electron chi connectivity index (χ4n) is 2.25. The van der Waals surface area contributed by atoms with Gasteiger partial charge in [0.1, 0.15) is 6.04 Å². The van der Waals surface area contributed by atoms with E-state index < -0.39 is 6.04 Å². The lowest BCUT2D eigenvalue weighted by Crippen LogP contribution is -2.32. The van der Waals surface area contributed by atoms with E-state index in [1.165, 1.54) is 38.5 Å². The van der Waals surface area contributed by atoms with Gasteiger partial charge in [-0.2, -0.15) is 0 Å². The Morgan fingerprint density at radius 3 is 1.95 bits per heavy atom. The Bertz CT molecular complexity index is 219. The lowest BCUT2D eigenvalue weighted by atomic mass is 10.1. The molecule has 0 heterocycles. The minimum absolute atomic E-state index is 0.218. The number of ether oxygens (including phenoxy) is 1. The molecule has 120 valence electrons. The van der Waals surface area contributed by atoms with Crippen LogP contribution in [-0.2, 0) is 9.53 Å². The second-order valence-electron chi connectivity index (χ2n) is 5.74. The van der Waals surface area contributed by atoms with Gasteiger partial charge in [0.2, 0.25) is 0 Å². The Morgan fingerprint density at radius 2 is 1.35 bits per heavy atom. The summed E-state index contributed by atoms with van der Waals surface area (Å²) in [5.74, 6) is -0.218. The number of carbonyl (C=O) groups excluding carboxylic acids is 1. The van der Waals surface area contributed by atoms with Crippen molar-refractivity contribution in [1.29, 1.82) is 0 Å². The van der Waals surface area contributed by atoms with Gasteiger partial charge < -0.3 is 10.5 Å². The highest BCUT2D eigenvalue weighted by atomic mass is 16.5. The van der Waals surface area contributed by atoms with E-state index in [9.17, 15) is 4.79 Å². The number of esters is 1. The van der Waals surface area contributed by atoms with E-state index in [0.29, 0.717) is 6.61 Å². The predicted octanol–water partition coefficient (Wildman–Crippen LogP) is 4.58. The number of hydrogen-bond donors (Lipinski definition) is 1. The molecule has 0 aromatic heterocycles. The first-order valence-corrected chi connectivity index (χ1v) is 8.64. The van der Waals surface area contributed by atoms with Crippen molar-refractivity contribution in [1.82, 2.24) is 0 Å². The number of hydrogen-bond acceptors (Lipinski definition) is 3. The molecule has 1 atom stereocenters. The Hall–Kier alpha value is -0.570. The molecule has 1 unspecified atom stereocenters. The molecule has 0 fully saturated rings. The van der Waals surface area contributed by atoms with Crippen LogP contribution >= 0.6 is 0 Å². The van der Waals surface area contributed by atoms with E-state index in [1.807, 2.05) is 0 Å². The van der Waals surface area contributed by atoms with Crippen molar-refractivity contribution in [3.8, 4) is 0 Å². The molecule has 3 heteroatoms. The van der Waals surface area contributed by atoms with Gasteiger partial charge in [0, 0.05) is 0 Å². The fraction of sp³-hybridized carbons (Fsp3) is 0.941. The van der Waals surface area contributed by atoms with Crippen LogP contribution in [0.2, 0.25) is 0 Å². The maximum Gasteiger partial charge on any atom is 0.322 e. The van der Waals surface area contributed by atoms with E-state index in [2.05, 4.69) is 13.8 Å². The maximum absolute atomic E-state index is 11.6. The highest BCUT2D eigenvalue weighted by molar-refractivity contribution is 5.75. The van der Waals surface area contributed by atoms with Crippen LogP contribution in [0.3, 0.4) is 0 Å². The van der Waals surface area contributed by atoms with Crippen LogP contribution in [0, 0.1) is 0 Å². The Labute approximate surface area is 125 Å². The largest absolute Gasteiger partial charge is 0.465 e. The molecule has 0 aromatic rings. The molecule has 0 rings (SSSR count). The van der Waals surface area contributed by atoms with Gasteiger partial charge in [-0.15, -0.1) is 0 Å². The van der Waals surface area contributed by atoms with Crippen LogP contribution in [0.1, 0.15) is 90.9 Å². The molecule has 2 N–H and O–H groups in total. The molecule has 20 heavy (non-hydrogen) atoms. The molecule has 3 nitrogen and oxygen atoms in total. The summed E-state index contributed by atoms with van der Waals surface area (Å²) in [5.41, 5.74) is 5.79. The molecular weight excluding hydrogens is 250 g/mol. The molecule has 0 aliphatic rings. The van der Waals surface area contributed by atoms with Crippen LogP contribution in [0.4, 0.5) is 0 Å². The zero-order chi connectivity index (χ0) is 15.1. The molecule has 0 radical (unpaired) electrons. The lowest BCUT2D eigenvalue weighted by Gasteiger charge is -2.11. The van der Waals surface area contributed by atoms with Gasteiger partial charge in [-0.1, -0.05) is 78.1 Å². The van der Waals surface area contributed by atoms with Crippen molar-refractivity contribution in [2.75, 3.05) is 6.61 Å². The van der Waals surface area contributed by atoms with E-state index in [4.69, 9.17) is 10.5 Å². The Kier molecular flexibility index (Phi) is 14.4. The van der Waals surface area contributed by atoms with Gasteiger partial charge in [0.15, 0.2) is 0 Å². The van der Waals surface area contributed by atoms with Gasteiger partial charge in [-0.05, 0) is 12.8 Å². The number of unbranched alkanes of at least 4 members (excludes halogenated alkanes) is 9. The fourth-order valence-corrected chi connectivity index (χ4v) is 2.25. The highest BCUT2D eigenvalue weighted by Crippen LogP contribution is 2.09. The SMILES string of the molecule is CCCCCCCCCCOC(=O)C(N)CCCCC. The first-order valence-electron chi connectivity index (χ1n) is 8.64. The second-order valence-corrected chi connectivity index (χ2v) is 5.74. The van der Waals surface area contributed by atoms with E-state index in [1.54, 1.807) is 0 Å². The quantitative estimate of drug-likeness (QED) is 0.375. The van der Waals surface area contributed by atoms with Crippen LogP contribution in [0.15, 0.2) is 0 Å². The number of carbonyl (C=O) groups is 1.